The molecule has 34 heavy (non-hydrogen) atoms. The lowest BCUT2D eigenvalue weighted by Crippen LogP contribution is -2.37. The smallest absolute Gasteiger partial charge is 0.399 e. The fourth-order valence-electron chi connectivity index (χ4n) is 4.12. The highest BCUT2D eigenvalue weighted by atomic mass is 19.4. The molecule has 1 atom stereocenters. The minimum absolute atomic E-state index is 0.0490. The predicted octanol–water partition coefficient (Wildman–Crippen LogP) is 4.46. The lowest BCUT2D eigenvalue weighted by molar-refractivity contribution is -0.137. The zero-order valence-corrected chi connectivity index (χ0v) is 19.3. The Hall–Kier alpha value is -3.34. The summed E-state index contributed by atoms with van der Waals surface area (Å²) in [7, 11) is 3.42. The van der Waals surface area contributed by atoms with Gasteiger partial charge in [-0.3, -0.25) is 0 Å². The summed E-state index contributed by atoms with van der Waals surface area (Å²) in [5, 5.41) is 6.89. The zero-order valence-electron chi connectivity index (χ0n) is 19.3. The molecule has 0 bridgehead atoms. The van der Waals surface area contributed by atoms with E-state index < -0.39 is 17.8 Å². The van der Waals surface area contributed by atoms with Crippen LogP contribution in [0.2, 0.25) is 0 Å². The van der Waals surface area contributed by atoms with Crippen molar-refractivity contribution in [1.82, 2.24) is 15.0 Å². The van der Waals surface area contributed by atoms with Gasteiger partial charge in [-0.15, -0.1) is 0 Å². The molecule has 4 N–H and O–H groups in total. The standard InChI is InChI=1S/C23H28F3N7O/c1-13(14-8-15(23(24,25)26)10-16(27)9-14)30-21-18-11-20(33-6-4-17(34-3)5-7-33)29-12-19(18)31-22(28-2)32-21/h8-13,17H,4-7,27H2,1-3H3,(H2,28,30,31,32). The lowest BCUT2D eigenvalue weighted by atomic mass is 10.0. The van der Waals surface area contributed by atoms with Gasteiger partial charge in [0.1, 0.15) is 11.6 Å². The van der Waals surface area contributed by atoms with E-state index in [4.69, 9.17) is 10.5 Å². The number of halogens is 3. The van der Waals surface area contributed by atoms with Crippen LogP contribution in [0.1, 0.15) is 36.9 Å². The van der Waals surface area contributed by atoms with E-state index in [9.17, 15) is 13.2 Å². The molecule has 0 amide bonds. The van der Waals surface area contributed by atoms with Gasteiger partial charge in [-0.2, -0.15) is 18.2 Å². The van der Waals surface area contributed by atoms with Crippen LogP contribution in [0, 0.1) is 0 Å². The Bertz CT molecular complexity index is 1160. The second kappa shape index (κ2) is 9.49. The summed E-state index contributed by atoms with van der Waals surface area (Å²) in [6, 6.07) is 4.98. The molecule has 1 fully saturated rings. The normalized spacial score (nSPS) is 16.0. The summed E-state index contributed by atoms with van der Waals surface area (Å²) in [6.07, 6.45) is -0.735. The summed E-state index contributed by atoms with van der Waals surface area (Å²) < 4.78 is 45.3. The average Bonchev–Trinajstić information content (AvgIpc) is 2.82. The van der Waals surface area contributed by atoms with Gasteiger partial charge < -0.3 is 26.0 Å². The molecule has 4 rings (SSSR count). The molecule has 0 saturated carbocycles. The van der Waals surface area contributed by atoms with Crippen molar-refractivity contribution in [2.45, 2.75) is 38.1 Å². The molecule has 1 unspecified atom stereocenters. The van der Waals surface area contributed by atoms with Gasteiger partial charge >= 0.3 is 6.18 Å². The van der Waals surface area contributed by atoms with Crippen molar-refractivity contribution in [3.05, 3.63) is 41.6 Å². The van der Waals surface area contributed by atoms with E-state index in [0.29, 0.717) is 22.8 Å². The van der Waals surface area contributed by atoms with E-state index in [-0.39, 0.29) is 11.8 Å². The van der Waals surface area contributed by atoms with E-state index in [1.807, 2.05) is 6.07 Å². The number of fused-ring (bicyclic) bond motifs is 1. The Morgan fingerprint density at radius 3 is 2.53 bits per heavy atom. The summed E-state index contributed by atoms with van der Waals surface area (Å²) in [6.45, 7) is 3.39. The summed E-state index contributed by atoms with van der Waals surface area (Å²) >= 11 is 0. The second-order valence-corrected chi connectivity index (χ2v) is 8.38. The van der Waals surface area contributed by atoms with Crippen LogP contribution in [0.5, 0.6) is 0 Å². The van der Waals surface area contributed by atoms with E-state index in [1.165, 1.54) is 6.07 Å². The van der Waals surface area contributed by atoms with Crippen LogP contribution in [-0.2, 0) is 10.9 Å². The number of nitrogens with two attached hydrogens (primary N) is 1. The molecule has 182 valence electrons. The predicted molar refractivity (Wildman–Crippen MR) is 127 cm³/mol. The number of nitrogens with zero attached hydrogens (tertiary/aromatic N) is 4. The molecule has 1 saturated heterocycles. The van der Waals surface area contributed by atoms with Crippen LogP contribution < -0.4 is 21.3 Å². The Morgan fingerprint density at radius 1 is 1.15 bits per heavy atom. The highest BCUT2D eigenvalue weighted by Gasteiger charge is 2.31. The SMILES string of the molecule is CNc1nc(NC(C)c2cc(N)cc(C(F)(F)F)c2)c2cc(N3CCC(OC)CC3)ncc2n1. The lowest BCUT2D eigenvalue weighted by Gasteiger charge is -2.32. The van der Waals surface area contributed by atoms with E-state index in [0.717, 1.165) is 49.3 Å². The van der Waals surface area contributed by atoms with Crippen molar-refractivity contribution in [3.8, 4) is 0 Å². The molecular formula is C23H28F3N7O. The third-order valence-electron chi connectivity index (χ3n) is 6.05. The highest BCUT2D eigenvalue weighted by molar-refractivity contribution is 5.91. The number of methoxy groups -OCH3 is 1. The number of nitrogen functional groups attached to an aromatic ring is 1. The average molecular weight is 476 g/mol. The first-order valence-electron chi connectivity index (χ1n) is 11.1. The van der Waals surface area contributed by atoms with Crippen molar-refractivity contribution >= 4 is 34.2 Å². The largest absolute Gasteiger partial charge is 0.416 e. The number of pyridine rings is 1. The van der Waals surface area contributed by atoms with Gasteiger partial charge in [-0.05, 0) is 49.6 Å². The minimum atomic E-state index is -4.48. The molecule has 0 spiro atoms. The zero-order chi connectivity index (χ0) is 24.5. The fourth-order valence-corrected chi connectivity index (χ4v) is 4.12. The molecule has 3 heterocycles. The molecule has 1 aliphatic rings. The van der Waals surface area contributed by atoms with Crippen molar-refractivity contribution in [1.29, 1.82) is 0 Å². The first-order chi connectivity index (χ1) is 16.2. The number of hydrogen-bond acceptors (Lipinski definition) is 8. The van der Waals surface area contributed by atoms with Crippen LogP contribution in [0.15, 0.2) is 30.5 Å². The van der Waals surface area contributed by atoms with Crippen LogP contribution in [-0.4, -0.2) is 48.3 Å². The summed E-state index contributed by atoms with van der Waals surface area (Å²) in [4.78, 5) is 15.8. The fraction of sp³-hybridized carbons (Fsp3) is 0.435. The number of rotatable bonds is 6. The molecule has 11 heteroatoms. The topological polar surface area (TPSA) is 101 Å². The number of alkyl halides is 3. The van der Waals surface area contributed by atoms with Gasteiger partial charge in [-0.1, -0.05) is 0 Å². The Balaban J connectivity index is 1.68. The molecule has 0 radical (unpaired) electrons. The quantitative estimate of drug-likeness (QED) is 0.450. The second-order valence-electron chi connectivity index (χ2n) is 8.38. The van der Waals surface area contributed by atoms with Crippen molar-refractivity contribution in [3.63, 3.8) is 0 Å². The van der Waals surface area contributed by atoms with Crippen molar-refractivity contribution in [2.75, 3.05) is 48.5 Å². The monoisotopic (exact) mass is 475 g/mol. The van der Waals surface area contributed by atoms with Gasteiger partial charge in [0.2, 0.25) is 5.95 Å². The molecule has 0 aliphatic carbocycles. The van der Waals surface area contributed by atoms with Crippen molar-refractivity contribution < 1.29 is 17.9 Å². The third kappa shape index (κ3) is 5.09. The number of anilines is 4. The Morgan fingerprint density at radius 2 is 1.88 bits per heavy atom. The molecule has 2 aromatic heterocycles. The van der Waals surface area contributed by atoms with E-state index >= 15 is 0 Å². The highest BCUT2D eigenvalue weighted by Crippen LogP contribution is 2.34. The Labute approximate surface area is 195 Å². The van der Waals surface area contributed by atoms with Crippen LogP contribution in [0.25, 0.3) is 10.9 Å². The maximum Gasteiger partial charge on any atom is 0.416 e. The Kier molecular flexibility index (Phi) is 6.65. The molecular weight excluding hydrogens is 447 g/mol. The number of benzene rings is 1. The maximum absolute atomic E-state index is 13.3. The van der Waals surface area contributed by atoms with Crippen molar-refractivity contribution in [2.24, 2.45) is 0 Å². The number of aromatic nitrogens is 3. The summed E-state index contributed by atoms with van der Waals surface area (Å²) in [5.74, 6) is 1.66. The van der Waals surface area contributed by atoms with Crippen LogP contribution in [0.4, 0.5) is 36.4 Å². The third-order valence-corrected chi connectivity index (χ3v) is 6.05. The number of ether oxygens (including phenoxy) is 1. The van der Waals surface area contributed by atoms with E-state index in [2.05, 4.69) is 30.5 Å². The van der Waals surface area contributed by atoms with E-state index in [1.54, 1.807) is 27.3 Å². The first kappa shape index (κ1) is 23.8. The van der Waals surface area contributed by atoms with Gasteiger partial charge in [-0.25, -0.2) is 9.97 Å². The van der Waals surface area contributed by atoms with Gasteiger partial charge in [0.15, 0.2) is 0 Å². The maximum atomic E-state index is 13.3. The number of nitrogens with one attached hydrogen (secondary N) is 2. The first-order valence-corrected chi connectivity index (χ1v) is 11.1. The van der Waals surface area contributed by atoms with Gasteiger partial charge in [0.05, 0.1) is 29.4 Å². The number of hydrogen-bond donors (Lipinski definition) is 3. The van der Waals surface area contributed by atoms with Gasteiger partial charge in [0.25, 0.3) is 0 Å². The minimum Gasteiger partial charge on any atom is -0.399 e. The molecule has 1 aromatic carbocycles. The molecule has 3 aromatic rings. The van der Waals surface area contributed by atoms with Crippen LogP contribution >= 0.6 is 0 Å². The van der Waals surface area contributed by atoms with Crippen LogP contribution in [0.3, 0.4) is 0 Å². The van der Waals surface area contributed by atoms with Gasteiger partial charge in [0, 0.05) is 38.3 Å². The summed E-state index contributed by atoms with van der Waals surface area (Å²) in [5.41, 5.74) is 6.04. The molecule has 8 nitrogen and oxygen atoms in total. The number of piperidine rings is 1. The molecule has 1 aliphatic heterocycles.